The second-order valence-electron chi connectivity index (χ2n) is 10.2. The van der Waals surface area contributed by atoms with E-state index >= 15 is 0 Å². The molecule has 0 saturated carbocycles. The van der Waals surface area contributed by atoms with Crippen molar-refractivity contribution in [3.05, 3.63) is 35.9 Å². The second kappa shape index (κ2) is 18.7. The molecule has 0 aliphatic carbocycles. The Morgan fingerprint density at radius 3 is 1.98 bits per heavy atom. The van der Waals surface area contributed by atoms with Gasteiger partial charge in [0.05, 0.1) is 0 Å². The van der Waals surface area contributed by atoms with Crippen molar-refractivity contribution in [1.82, 2.24) is 21.3 Å². The number of nitrogens with two attached hydrogens (primary N) is 3. The third-order valence-electron chi connectivity index (χ3n) is 6.65. The van der Waals surface area contributed by atoms with Gasteiger partial charge in [0, 0.05) is 26.3 Å². The molecular weight excluding hydrogens is 560 g/mol. The summed E-state index contributed by atoms with van der Waals surface area (Å²) in [5, 5.41) is 19.3. The van der Waals surface area contributed by atoms with Crippen LogP contribution >= 0.6 is 0 Å². The average molecular weight is 605 g/mol. The number of aliphatic carboxylic acids is 1. The summed E-state index contributed by atoms with van der Waals surface area (Å²) in [6.45, 7) is 4.93. The van der Waals surface area contributed by atoms with Gasteiger partial charge in [-0.15, -0.1) is 0 Å². The summed E-state index contributed by atoms with van der Waals surface area (Å²) < 4.78 is 0. The van der Waals surface area contributed by atoms with Crippen LogP contribution in [-0.4, -0.2) is 77.3 Å². The van der Waals surface area contributed by atoms with E-state index in [9.17, 15) is 28.8 Å². The van der Waals surface area contributed by atoms with Crippen LogP contribution < -0.4 is 38.5 Å². The number of benzene rings is 1. The molecule has 0 aliphatic rings. The van der Waals surface area contributed by atoms with Gasteiger partial charge in [-0.3, -0.25) is 33.8 Å². The van der Waals surface area contributed by atoms with E-state index in [2.05, 4.69) is 26.3 Å². The summed E-state index contributed by atoms with van der Waals surface area (Å²) in [5.41, 5.74) is 16.9. The Labute approximate surface area is 250 Å². The first-order chi connectivity index (χ1) is 20.2. The van der Waals surface area contributed by atoms with Gasteiger partial charge in [0.25, 0.3) is 0 Å². The number of carbonyl (C=O) groups excluding carboxylic acids is 5. The normalized spacial score (nSPS) is 14.1. The number of nitrogens with zero attached hydrogens (tertiary/aromatic N) is 1. The van der Waals surface area contributed by atoms with Crippen LogP contribution in [0.15, 0.2) is 35.3 Å². The zero-order chi connectivity index (χ0) is 32.5. The van der Waals surface area contributed by atoms with Crippen LogP contribution in [0.4, 0.5) is 0 Å². The molecule has 0 spiro atoms. The highest BCUT2D eigenvalue weighted by molar-refractivity contribution is 5.95. The molecule has 5 amide bonds. The lowest BCUT2D eigenvalue weighted by Crippen LogP contribution is -2.59. The van der Waals surface area contributed by atoms with E-state index in [4.69, 9.17) is 22.3 Å². The predicted octanol–water partition coefficient (Wildman–Crippen LogP) is -1.36. The number of hydrogen-bond donors (Lipinski definition) is 8. The molecule has 0 fully saturated rings. The third kappa shape index (κ3) is 14.2. The van der Waals surface area contributed by atoms with E-state index in [1.54, 1.807) is 44.2 Å². The summed E-state index contributed by atoms with van der Waals surface area (Å²) in [6.07, 6.45) is 0.452. The van der Waals surface area contributed by atoms with Crippen molar-refractivity contribution < 1.29 is 33.9 Å². The Morgan fingerprint density at radius 1 is 0.837 bits per heavy atom. The maximum absolute atomic E-state index is 13.6. The van der Waals surface area contributed by atoms with Crippen LogP contribution in [0, 0.1) is 5.92 Å². The molecule has 0 radical (unpaired) electrons. The zero-order valence-corrected chi connectivity index (χ0v) is 24.8. The highest BCUT2D eigenvalue weighted by Crippen LogP contribution is 2.12. The monoisotopic (exact) mass is 604 g/mol. The van der Waals surface area contributed by atoms with Gasteiger partial charge in [0.1, 0.15) is 24.2 Å². The number of nitrogens with one attached hydrogen (secondary N) is 4. The van der Waals surface area contributed by atoms with Gasteiger partial charge in [-0.05, 0) is 30.7 Å². The smallest absolute Gasteiger partial charge is 0.303 e. The van der Waals surface area contributed by atoms with Gasteiger partial charge >= 0.3 is 5.97 Å². The molecule has 0 heterocycles. The van der Waals surface area contributed by atoms with E-state index in [0.29, 0.717) is 12.8 Å². The van der Waals surface area contributed by atoms with E-state index in [0.717, 1.165) is 5.56 Å². The van der Waals surface area contributed by atoms with Crippen molar-refractivity contribution in [3.8, 4) is 0 Å². The quantitative estimate of drug-likeness (QED) is 0.0526. The van der Waals surface area contributed by atoms with Crippen LogP contribution in [0.2, 0.25) is 0 Å². The van der Waals surface area contributed by atoms with Crippen LogP contribution in [0.1, 0.15) is 58.4 Å². The van der Waals surface area contributed by atoms with Gasteiger partial charge in [0.15, 0.2) is 5.96 Å². The molecule has 0 saturated heterocycles. The number of aliphatic imine (C=N–C) groups is 1. The molecule has 15 nitrogen and oxygen atoms in total. The fraction of sp³-hybridized carbons (Fsp3) is 0.536. The minimum absolute atomic E-state index is 0.0617. The lowest BCUT2D eigenvalue weighted by molar-refractivity contribution is -0.138. The molecule has 1 aromatic rings. The van der Waals surface area contributed by atoms with E-state index in [-0.39, 0.29) is 38.2 Å². The minimum atomic E-state index is -1.19. The molecule has 0 unspecified atom stereocenters. The summed E-state index contributed by atoms with van der Waals surface area (Å²) >= 11 is 0. The highest BCUT2D eigenvalue weighted by Gasteiger charge is 2.33. The highest BCUT2D eigenvalue weighted by atomic mass is 16.4. The first kappa shape index (κ1) is 36.3. The summed E-state index contributed by atoms with van der Waals surface area (Å²) in [7, 11) is 0. The zero-order valence-electron chi connectivity index (χ0n) is 24.8. The van der Waals surface area contributed by atoms with Crippen molar-refractivity contribution in [2.45, 2.75) is 83.5 Å². The van der Waals surface area contributed by atoms with Gasteiger partial charge in [0.2, 0.25) is 29.5 Å². The predicted molar refractivity (Wildman–Crippen MR) is 159 cm³/mol. The van der Waals surface area contributed by atoms with Gasteiger partial charge in [-0.1, -0.05) is 50.6 Å². The maximum atomic E-state index is 13.6. The molecule has 238 valence electrons. The van der Waals surface area contributed by atoms with Crippen molar-refractivity contribution in [3.63, 3.8) is 0 Å². The third-order valence-corrected chi connectivity index (χ3v) is 6.65. The Bertz CT molecular complexity index is 1140. The number of primary amides is 1. The van der Waals surface area contributed by atoms with Gasteiger partial charge in [-0.2, -0.15) is 0 Å². The Balaban J connectivity index is 3.20. The largest absolute Gasteiger partial charge is 0.481 e. The maximum Gasteiger partial charge on any atom is 0.303 e. The number of hydrogen-bond acceptors (Lipinski definition) is 7. The van der Waals surface area contributed by atoms with E-state index in [1.165, 1.54) is 6.92 Å². The van der Waals surface area contributed by atoms with Crippen molar-refractivity contribution >= 4 is 41.5 Å². The molecular formula is C28H44N8O7. The van der Waals surface area contributed by atoms with Crippen molar-refractivity contribution in [2.75, 3.05) is 6.54 Å². The van der Waals surface area contributed by atoms with E-state index in [1.807, 2.05) is 0 Å². The lowest BCUT2D eigenvalue weighted by Gasteiger charge is -2.28. The number of carboxylic acids is 1. The molecule has 15 heteroatoms. The Hall–Kier alpha value is -4.69. The molecule has 11 N–H and O–H groups in total. The second-order valence-corrected chi connectivity index (χ2v) is 10.2. The van der Waals surface area contributed by atoms with E-state index < -0.39 is 65.6 Å². The first-order valence-corrected chi connectivity index (χ1v) is 14.0. The fourth-order valence-corrected chi connectivity index (χ4v) is 4.12. The molecule has 0 bridgehead atoms. The summed E-state index contributed by atoms with van der Waals surface area (Å²) in [4.78, 5) is 78.7. The molecule has 1 rings (SSSR count). The van der Waals surface area contributed by atoms with Crippen LogP contribution in [0.3, 0.4) is 0 Å². The topological polar surface area (TPSA) is 261 Å². The lowest BCUT2D eigenvalue weighted by atomic mass is 9.96. The average Bonchev–Trinajstić information content (AvgIpc) is 2.94. The van der Waals surface area contributed by atoms with Crippen LogP contribution in [0.5, 0.6) is 0 Å². The summed E-state index contributed by atoms with van der Waals surface area (Å²) in [6, 6.07) is 4.32. The number of amides is 5. The van der Waals surface area contributed by atoms with Crippen molar-refractivity contribution in [1.29, 1.82) is 0 Å². The molecule has 5 atom stereocenters. The number of carboxylic acid groups (broad SMARTS) is 1. The molecule has 43 heavy (non-hydrogen) atoms. The van der Waals surface area contributed by atoms with Crippen molar-refractivity contribution in [2.24, 2.45) is 28.1 Å². The van der Waals surface area contributed by atoms with Crippen LogP contribution in [-0.2, 0) is 35.2 Å². The minimum Gasteiger partial charge on any atom is -0.481 e. The van der Waals surface area contributed by atoms with Gasteiger partial charge < -0.3 is 43.6 Å². The standard InChI is InChI=1S/C28H44N8O7/c1-4-16(2)23(36-25(41)20(33-17(3)37)12-13-22(38)39)27(43)35-21(15-18-9-6-5-7-10-18)26(42)34-19(24(29)40)11-8-14-32-28(30)31/h5-7,9-10,16,19-21,23H,4,8,11-15H2,1-3H3,(H2,29,40)(H,33,37)(H,34,42)(H,35,43)(H,36,41)(H,38,39)(H4,30,31,32)/t16-,19-,20-,21-,23-/m0/s1. The number of guanidine groups is 1. The number of rotatable bonds is 19. The molecule has 0 aliphatic heterocycles. The molecule has 0 aromatic heterocycles. The fourth-order valence-electron chi connectivity index (χ4n) is 4.12. The van der Waals surface area contributed by atoms with Gasteiger partial charge in [-0.25, -0.2) is 0 Å². The Kier molecular flexibility index (Phi) is 15.8. The number of carbonyl (C=O) groups is 6. The molecule has 1 aromatic carbocycles. The summed E-state index contributed by atoms with van der Waals surface area (Å²) in [5.74, 6) is -5.09. The SMILES string of the molecule is CC[C@H](C)[C@H](NC(=O)[C@H](CCC(=O)O)NC(C)=O)C(=O)N[C@@H](Cc1ccccc1)C(=O)N[C@@H](CCCN=C(N)N)C(N)=O. The van der Waals surface area contributed by atoms with Crippen LogP contribution in [0.25, 0.3) is 0 Å². The first-order valence-electron chi connectivity index (χ1n) is 14.0. The Morgan fingerprint density at radius 2 is 1.44 bits per heavy atom.